The molecule has 0 unspecified atom stereocenters. The summed E-state index contributed by atoms with van der Waals surface area (Å²) in [6, 6.07) is 10.9. The minimum absolute atomic E-state index is 0.0963. The molecule has 1 heterocycles. The zero-order chi connectivity index (χ0) is 20.3. The maximum absolute atomic E-state index is 12.7. The number of hydrogen-bond acceptors (Lipinski definition) is 3. The van der Waals surface area contributed by atoms with Crippen LogP contribution in [0.1, 0.15) is 6.92 Å². The number of hydrogen-bond donors (Lipinski definition) is 2. The maximum atomic E-state index is 12.7. The lowest BCUT2D eigenvalue weighted by molar-refractivity contribution is -0.914. The van der Waals surface area contributed by atoms with Crippen LogP contribution >= 0.6 is 34.8 Å². The van der Waals surface area contributed by atoms with Crippen molar-refractivity contribution in [2.24, 2.45) is 0 Å². The zero-order valence-corrected chi connectivity index (χ0v) is 18.0. The summed E-state index contributed by atoms with van der Waals surface area (Å²) in [4.78, 5) is 16.2. The van der Waals surface area contributed by atoms with E-state index in [1.807, 2.05) is 25.1 Å². The fraction of sp³-hybridized carbons (Fsp3) is 0.350. The number of nitrogens with zero attached hydrogens (tertiary/aromatic N) is 1. The van der Waals surface area contributed by atoms with Crippen LogP contribution in [-0.4, -0.2) is 45.2 Å². The van der Waals surface area contributed by atoms with E-state index in [0.717, 1.165) is 37.6 Å². The fourth-order valence-electron chi connectivity index (χ4n) is 3.40. The molecule has 0 radical (unpaired) electrons. The molecule has 1 atom stereocenters. The van der Waals surface area contributed by atoms with E-state index >= 15 is 0 Å². The quantitative estimate of drug-likeness (QED) is 0.696. The highest BCUT2D eigenvalue weighted by atomic mass is 35.5. The number of anilines is 2. The molecule has 1 aliphatic heterocycles. The highest BCUT2D eigenvalue weighted by molar-refractivity contribution is 6.44. The van der Waals surface area contributed by atoms with Gasteiger partial charge in [-0.2, -0.15) is 0 Å². The summed E-state index contributed by atoms with van der Waals surface area (Å²) < 4.78 is 5.46. The van der Waals surface area contributed by atoms with Crippen LogP contribution in [0.4, 0.5) is 11.4 Å². The summed E-state index contributed by atoms with van der Waals surface area (Å²) in [7, 11) is 1.68. The second-order valence-corrected chi connectivity index (χ2v) is 8.00. The Morgan fingerprint density at radius 3 is 2.43 bits per heavy atom. The van der Waals surface area contributed by atoms with Gasteiger partial charge in [-0.05, 0) is 31.2 Å². The predicted octanol–water partition coefficient (Wildman–Crippen LogP) is 3.39. The molecule has 0 aromatic heterocycles. The Hall–Kier alpha value is -1.66. The molecule has 2 N–H and O–H groups in total. The number of rotatable bonds is 5. The number of carbonyl (C=O) groups excluding carboxylic acids is 1. The van der Waals surface area contributed by atoms with Crippen LogP contribution in [0.25, 0.3) is 0 Å². The summed E-state index contributed by atoms with van der Waals surface area (Å²) in [5.74, 6) is 0.770. The zero-order valence-electron chi connectivity index (χ0n) is 15.8. The van der Waals surface area contributed by atoms with Crippen molar-refractivity contribution in [3.8, 4) is 5.75 Å². The summed E-state index contributed by atoms with van der Waals surface area (Å²) >= 11 is 18.1. The van der Waals surface area contributed by atoms with Gasteiger partial charge in [0.05, 0.1) is 59.7 Å². The SMILES string of the molecule is COc1ccccc1N1CC[NH+]([C@H](C)C(=O)Nc2cc(Cl)c(Cl)cc2Cl)CC1. The lowest BCUT2D eigenvalue weighted by Crippen LogP contribution is -3.19. The number of carbonyl (C=O) groups is 1. The van der Waals surface area contributed by atoms with Gasteiger partial charge in [-0.15, -0.1) is 0 Å². The summed E-state index contributed by atoms with van der Waals surface area (Å²) in [5, 5.41) is 3.95. The Morgan fingerprint density at radius 1 is 1.11 bits per heavy atom. The van der Waals surface area contributed by atoms with Crippen LogP contribution in [0.5, 0.6) is 5.75 Å². The van der Waals surface area contributed by atoms with Crippen molar-refractivity contribution >= 4 is 52.1 Å². The number of ether oxygens (including phenoxy) is 1. The van der Waals surface area contributed by atoms with E-state index in [1.54, 1.807) is 13.2 Å². The van der Waals surface area contributed by atoms with Crippen LogP contribution in [0.2, 0.25) is 15.1 Å². The van der Waals surface area contributed by atoms with E-state index < -0.39 is 0 Å². The van der Waals surface area contributed by atoms with Crippen LogP contribution in [0.3, 0.4) is 0 Å². The van der Waals surface area contributed by atoms with Gasteiger partial charge in [0.15, 0.2) is 6.04 Å². The number of para-hydroxylation sites is 2. The third-order valence-corrected chi connectivity index (χ3v) is 6.14. The largest absolute Gasteiger partial charge is 0.495 e. The first-order valence-electron chi connectivity index (χ1n) is 9.08. The lowest BCUT2D eigenvalue weighted by atomic mass is 10.2. The van der Waals surface area contributed by atoms with Crippen LogP contribution in [-0.2, 0) is 4.79 Å². The highest BCUT2D eigenvalue weighted by Gasteiger charge is 2.30. The van der Waals surface area contributed by atoms with Crippen molar-refractivity contribution < 1.29 is 14.4 Å². The Kier molecular flexibility index (Phi) is 6.94. The molecule has 1 saturated heterocycles. The number of amides is 1. The molecular formula is C20H23Cl3N3O2+. The summed E-state index contributed by atoms with van der Waals surface area (Å²) in [6.07, 6.45) is 0. The van der Waals surface area contributed by atoms with Gasteiger partial charge in [0, 0.05) is 0 Å². The van der Waals surface area contributed by atoms with Crippen molar-refractivity contribution in [2.45, 2.75) is 13.0 Å². The van der Waals surface area contributed by atoms with Crippen molar-refractivity contribution in [2.75, 3.05) is 43.5 Å². The van der Waals surface area contributed by atoms with Crippen LogP contribution in [0.15, 0.2) is 36.4 Å². The molecule has 0 bridgehead atoms. The molecule has 0 saturated carbocycles. The lowest BCUT2D eigenvalue weighted by Gasteiger charge is -2.36. The van der Waals surface area contributed by atoms with Gasteiger partial charge >= 0.3 is 0 Å². The second kappa shape index (κ2) is 9.23. The van der Waals surface area contributed by atoms with Crippen molar-refractivity contribution in [1.29, 1.82) is 0 Å². The van der Waals surface area contributed by atoms with Gasteiger partial charge in [-0.25, -0.2) is 0 Å². The van der Waals surface area contributed by atoms with Crippen LogP contribution < -0.4 is 19.9 Å². The van der Waals surface area contributed by atoms with Gasteiger partial charge in [0.2, 0.25) is 0 Å². The monoisotopic (exact) mass is 442 g/mol. The van der Waals surface area contributed by atoms with Gasteiger partial charge in [0.1, 0.15) is 5.75 Å². The number of quaternary nitrogens is 1. The standard InChI is InChI=1S/C20H22Cl3N3O2/c1-13(20(27)24-17-12-15(22)14(21)11-16(17)23)25-7-9-26(10-8-25)18-5-3-4-6-19(18)28-2/h3-6,11-13H,7-10H2,1-2H3,(H,24,27)/p+1/t13-/m1/s1. The molecular weight excluding hydrogens is 421 g/mol. The van der Waals surface area contributed by atoms with Gasteiger partial charge in [-0.1, -0.05) is 46.9 Å². The molecule has 8 heteroatoms. The van der Waals surface area contributed by atoms with Crippen molar-refractivity contribution in [3.63, 3.8) is 0 Å². The van der Waals surface area contributed by atoms with E-state index in [-0.39, 0.29) is 11.9 Å². The number of nitrogens with one attached hydrogen (secondary N) is 2. The van der Waals surface area contributed by atoms with E-state index in [0.29, 0.717) is 20.8 Å². The molecule has 3 rings (SSSR count). The summed E-state index contributed by atoms with van der Waals surface area (Å²) in [6.45, 7) is 5.32. The van der Waals surface area contributed by atoms with E-state index in [4.69, 9.17) is 39.5 Å². The Bertz CT molecular complexity index is 855. The van der Waals surface area contributed by atoms with Gasteiger partial charge in [-0.3, -0.25) is 4.79 Å². The van der Waals surface area contributed by atoms with E-state index in [2.05, 4.69) is 16.3 Å². The normalized spacial score (nSPS) is 16.0. The second-order valence-electron chi connectivity index (χ2n) is 6.77. The van der Waals surface area contributed by atoms with E-state index in [1.165, 1.54) is 11.0 Å². The van der Waals surface area contributed by atoms with Gasteiger partial charge in [0.25, 0.3) is 5.91 Å². The maximum Gasteiger partial charge on any atom is 0.282 e. The van der Waals surface area contributed by atoms with Gasteiger partial charge < -0.3 is 19.9 Å². The third-order valence-electron chi connectivity index (χ3n) is 5.11. The molecule has 28 heavy (non-hydrogen) atoms. The molecule has 0 aliphatic carbocycles. The Morgan fingerprint density at radius 2 is 1.75 bits per heavy atom. The van der Waals surface area contributed by atoms with Crippen molar-refractivity contribution in [3.05, 3.63) is 51.5 Å². The Balaban J connectivity index is 1.61. The molecule has 150 valence electrons. The first kappa shape index (κ1) is 21.1. The molecule has 1 aliphatic rings. The molecule has 2 aromatic carbocycles. The molecule has 2 aromatic rings. The Labute approximate surface area is 180 Å². The summed E-state index contributed by atoms with van der Waals surface area (Å²) in [5.41, 5.74) is 1.56. The first-order valence-corrected chi connectivity index (χ1v) is 10.2. The average molecular weight is 444 g/mol. The first-order chi connectivity index (χ1) is 13.4. The minimum Gasteiger partial charge on any atom is -0.495 e. The smallest absolute Gasteiger partial charge is 0.282 e. The molecule has 5 nitrogen and oxygen atoms in total. The fourth-order valence-corrected chi connectivity index (χ4v) is 4.00. The van der Waals surface area contributed by atoms with E-state index in [9.17, 15) is 4.79 Å². The topological polar surface area (TPSA) is 46.0 Å². The highest BCUT2D eigenvalue weighted by Crippen LogP contribution is 2.32. The molecule has 0 spiro atoms. The minimum atomic E-state index is -0.217. The number of benzene rings is 2. The number of halogens is 3. The third kappa shape index (κ3) is 4.66. The average Bonchev–Trinajstić information content (AvgIpc) is 2.71. The number of methoxy groups -OCH3 is 1. The van der Waals surface area contributed by atoms with Crippen molar-refractivity contribution in [1.82, 2.24) is 0 Å². The van der Waals surface area contributed by atoms with Crippen LogP contribution in [0, 0.1) is 0 Å². The predicted molar refractivity (Wildman–Crippen MR) is 115 cm³/mol. The number of piperazine rings is 1. The molecule has 1 amide bonds. The molecule has 1 fully saturated rings.